The number of carbonyl (C=O) groups excluding carboxylic acids is 1. The molecule has 5 heterocycles. The highest BCUT2D eigenvalue weighted by molar-refractivity contribution is 7.12. The Balaban J connectivity index is 0.996. The number of benzene rings is 2. The van der Waals surface area contributed by atoms with Crippen LogP contribution in [0.15, 0.2) is 54.6 Å². The number of rotatable bonds is 13. The summed E-state index contributed by atoms with van der Waals surface area (Å²) in [6.45, 7) is 7.02. The van der Waals surface area contributed by atoms with Crippen LogP contribution in [-0.2, 0) is 30.9 Å². The van der Waals surface area contributed by atoms with Crippen LogP contribution in [0, 0.1) is 31.0 Å². The molecule has 1 aliphatic rings. The van der Waals surface area contributed by atoms with E-state index in [1.165, 1.54) is 6.07 Å². The SMILES string of the molecule is Cc1n[nH]c2c(C)cc(NC(=O)c3ccc4c(c3)nc(CN(C)CCCc3cccc(OCc5cc(F)c(C#N)s5)n3)n4C[C@@H]3CCO3)cc12. The number of pyridine rings is 1. The molecule has 1 saturated heterocycles. The Kier molecular flexibility index (Phi) is 9.58. The maximum absolute atomic E-state index is 13.7. The topological polar surface area (TPSA) is 134 Å². The molecule has 0 aliphatic carbocycles. The van der Waals surface area contributed by atoms with E-state index in [0.29, 0.717) is 29.4 Å². The number of imidazole rings is 1. The minimum Gasteiger partial charge on any atom is -0.472 e. The van der Waals surface area contributed by atoms with E-state index < -0.39 is 5.82 Å². The summed E-state index contributed by atoms with van der Waals surface area (Å²) >= 11 is 1.08. The molecule has 0 bridgehead atoms. The average molecular weight is 693 g/mol. The monoisotopic (exact) mass is 692 g/mol. The van der Waals surface area contributed by atoms with Crippen LogP contribution in [0.3, 0.4) is 0 Å². The molecule has 1 atom stereocenters. The first-order valence-corrected chi connectivity index (χ1v) is 17.4. The number of ether oxygens (including phenoxy) is 2. The van der Waals surface area contributed by atoms with Crippen molar-refractivity contribution in [2.24, 2.45) is 0 Å². The number of halogens is 1. The van der Waals surface area contributed by atoms with Crippen molar-refractivity contribution in [1.82, 2.24) is 29.6 Å². The molecule has 11 nitrogen and oxygen atoms in total. The second-order valence-electron chi connectivity index (χ2n) is 12.7. The number of H-pyrrole nitrogens is 1. The number of hydrogen-bond acceptors (Lipinski definition) is 9. The van der Waals surface area contributed by atoms with Gasteiger partial charge in [0.05, 0.1) is 41.4 Å². The van der Waals surface area contributed by atoms with Crippen LogP contribution in [0.4, 0.5) is 10.1 Å². The molecule has 0 unspecified atom stereocenters. The third-order valence-corrected chi connectivity index (χ3v) is 9.94. The van der Waals surface area contributed by atoms with E-state index >= 15 is 0 Å². The van der Waals surface area contributed by atoms with Crippen molar-refractivity contribution in [2.75, 3.05) is 25.5 Å². The molecule has 13 heteroatoms. The molecule has 0 saturated carbocycles. The lowest BCUT2D eigenvalue weighted by Crippen LogP contribution is -2.32. The molecule has 7 rings (SSSR count). The third kappa shape index (κ3) is 7.23. The van der Waals surface area contributed by atoms with Gasteiger partial charge in [-0.05, 0) is 94.7 Å². The van der Waals surface area contributed by atoms with Gasteiger partial charge < -0.3 is 19.4 Å². The zero-order valence-electron chi connectivity index (χ0n) is 28.1. The summed E-state index contributed by atoms with van der Waals surface area (Å²) in [6, 6.07) is 18.4. The maximum atomic E-state index is 13.7. The molecule has 2 N–H and O–H groups in total. The summed E-state index contributed by atoms with van der Waals surface area (Å²) in [7, 11) is 2.07. The molecule has 1 aliphatic heterocycles. The van der Waals surface area contributed by atoms with E-state index in [9.17, 15) is 9.18 Å². The molecule has 2 aromatic carbocycles. The molecular formula is C37H37FN8O3S. The Morgan fingerprint density at radius 3 is 2.86 bits per heavy atom. The number of anilines is 1. The summed E-state index contributed by atoms with van der Waals surface area (Å²) in [6.07, 6.45) is 2.78. The number of nitrogens with one attached hydrogen (secondary N) is 2. The van der Waals surface area contributed by atoms with Crippen LogP contribution in [0.1, 0.15) is 55.7 Å². The van der Waals surface area contributed by atoms with Gasteiger partial charge in [0.2, 0.25) is 5.88 Å². The number of hydrogen-bond donors (Lipinski definition) is 2. The fourth-order valence-electron chi connectivity index (χ4n) is 6.21. The zero-order valence-corrected chi connectivity index (χ0v) is 28.9. The molecule has 4 aromatic heterocycles. The number of nitrogens with zero attached hydrogens (tertiary/aromatic N) is 6. The molecular weight excluding hydrogens is 656 g/mol. The number of fused-ring (bicyclic) bond motifs is 2. The van der Waals surface area contributed by atoms with Gasteiger partial charge in [0.1, 0.15) is 23.4 Å². The average Bonchev–Trinajstić information content (AvgIpc) is 3.75. The lowest BCUT2D eigenvalue weighted by Gasteiger charge is -2.28. The summed E-state index contributed by atoms with van der Waals surface area (Å²) in [4.78, 5) is 25.9. The Morgan fingerprint density at radius 2 is 2.08 bits per heavy atom. The van der Waals surface area contributed by atoms with Crippen molar-refractivity contribution in [1.29, 1.82) is 5.26 Å². The number of thiophene rings is 1. The standard InChI is InChI=1S/C37H37FN8O3S/c1-22-14-26(16-29-23(2)43-44-36(22)29)41-37(47)24-9-10-32-31(15-24)42-34(46(32)19-27-11-13-48-27)20-45(3)12-5-7-25-6-4-8-35(40-25)49-21-28-17-30(38)33(18-39)50-28/h4,6,8-10,14-17,27H,5,7,11-13,19-21H2,1-3H3,(H,41,47)(H,43,44)/t27-/m0/s1. The highest BCUT2D eigenvalue weighted by Crippen LogP contribution is 2.27. The lowest BCUT2D eigenvalue weighted by molar-refractivity contribution is -0.0591. The quantitative estimate of drug-likeness (QED) is 0.137. The third-order valence-electron chi connectivity index (χ3n) is 8.95. The zero-order chi connectivity index (χ0) is 34.8. The second kappa shape index (κ2) is 14.4. The van der Waals surface area contributed by atoms with Gasteiger partial charge in [0, 0.05) is 39.9 Å². The Bertz CT molecular complexity index is 2230. The fourth-order valence-corrected chi connectivity index (χ4v) is 6.95. The summed E-state index contributed by atoms with van der Waals surface area (Å²) in [5.41, 5.74) is 6.78. The Labute approximate surface area is 292 Å². The van der Waals surface area contributed by atoms with E-state index in [2.05, 4.69) is 37.0 Å². The predicted octanol–water partition coefficient (Wildman–Crippen LogP) is 6.68. The summed E-state index contributed by atoms with van der Waals surface area (Å²) in [5.74, 6) is 0.670. The van der Waals surface area contributed by atoms with Gasteiger partial charge >= 0.3 is 0 Å². The maximum Gasteiger partial charge on any atom is 0.255 e. The minimum atomic E-state index is -0.521. The number of aryl methyl sites for hydroxylation is 3. The van der Waals surface area contributed by atoms with Crippen LogP contribution in [0.5, 0.6) is 5.88 Å². The molecule has 0 radical (unpaired) electrons. The molecule has 6 aromatic rings. The van der Waals surface area contributed by atoms with Gasteiger partial charge in [0.25, 0.3) is 5.91 Å². The first-order chi connectivity index (χ1) is 24.2. The van der Waals surface area contributed by atoms with E-state index in [1.54, 1.807) is 6.07 Å². The van der Waals surface area contributed by atoms with Crippen molar-refractivity contribution < 1.29 is 18.7 Å². The molecule has 256 valence electrons. The minimum absolute atomic E-state index is 0.0550. The summed E-state index contributed by atoms with van der Waals surface area (Å²) < 4.78 is 27.5. The first kappa shape index (κ1) is 33.3. The number of carbonyl (C=O) groups is 1. The first-order valence-electron chi connectivity index (χ1n) is 16.6. The number of aromatic nitrogens is 5. The van der Waals surface area contributed by atoms with E-state index in [-0.39, 0.29) is 23.5 Å². The van der Waals surface area contributed by atoms with Gasteiger partial charge in [0.15, 0.2) is 5.82 Å². The van der Waals surface area contributed by atoms with E-state index in [1.807, 2.05) is 62.4 Å². The molecule has 50 heavy (non-hydrogen) atoms. The lowest BCUT2D eigenvalue weighted by atomic mass is 10.1. The van der Waals surface area contributed by atoms with Crippen LogP contribution in [-0.4, -0.2) is 61.8 Å². The predicted molar refractivity (Wildman–Crippen MR) is 190 cm³/mol. The van der Waals surface area contributed by atoms with Gasteiger partial charge in [-0.3, -0.25) is 14.8 Å². The van der Waals surface area contributed by atoms with E-state index in [0.717, 1.165) is 94.2 Å². The number of aromatic amines is 1. The van der Waals surface area contributed by atoms with Crippen LogP contribution in [0.25, 0.3) is 21.9 Å². The molecule has 1 amide bonds. The van der Waals surface area contributed by atoms with E-state index in [4.69, 9.17) is 19.7 Å². The highest BCUT2D eigenvalue weighted by Gasteiger charge is 2.23. The highest BCUT2D eigenvalue weighted by atomic mass is 32.1. The largest absolute Gasteiger partial charge is 0.472 e. The van der Waals surface area contributed by atoms with Gasteiger partial charge in [-0.1, -0.05) is 6.07 Å². The van der Waals surface area contributed by atoms with Crippen LogP contribution in [0.2, 0.25) is 0 Å². The van der Waals surface area contributed by atoms with Crippen molar-refractivity contribution in [3.05, 3.63) is 98.5 Å². The number of nitriles is 1. The smallest absolute Gasteiger partial charge is 0.255 e. The number of amides is 1. The molecule has 0 spiro atoms. The van der Waals surface area contributed by atoms with Crippen molar-refractivity contribution >= 4 is 44.9 Å². The Morgan fingerprint density at radius 1 is 1.22 bits per heavy atom. The second-order valence-corrected chi connectivity index (χ2v) is 13.8. The molecule has 1 fully saturated rings. The van der Waals surface area contributed by atoms with Crippen LogP contribution < -0.4 is 10.1 Å². The van der Waals surface area contributed by atoms with Gasteiger partial charge in [-0.2, -0.15) is 10.4 Å². The van der Waals surface area contributed by atoms with Gasteiger partial charge in [-0.25, -0.2) is 14.4 Å². The fraction of sp³-hybridized carbons (Fsp3) is 0.324. The van der Waals surface area contributed by atoms with Crippen LogP contribution >= 0.6 is 11.3 Å². The van der Waals surface area contributed by atoms with Crippen molar-refractivity contribution in [3.63, 3.8) is 0 Å². The van der Waals surface area contributed by atoms with Crippen molar-refractivity contribution in [2.45, 2.75) is 58.9 Å². The van der Waals surface area contributed by atoms with Crippen molar-refractivity contribution in [3.8, 4) is 11.9 Å². The Hall–Kier alpha value is -5.16. The summed E-state index contributed by atoms with van der Waals surface area (Å²) in [5, 5.41) is 20.4. The van der Waals surface area contributed by atoms with Gasteiger partial charge in [-0.15, -0.1) is 11.3 Å². The normalized spacial score (nSPS) is 14.3.